The number of aliphatic hydroxyl groups is 1. The molecule has 0 amide bonds. The van der Waals surface area contributed by atoms with E-state index in [9.17, 15) is 13.9 Å². The minimum atomic E-state index is -2.84. The molecule has 88 valence electrons. The molecule has 0 fully saturated rings. The van der Waals surface area contributed by atoms with Gasteiger partial charge in [-0.15, -0.1) is 0 Å². The van der Waals surface area contributed by atoms with Crippen molar-refractivity contribution in [1.82, 2.24) is 15.0 Å². The van der Waals surface area contributed by atoms with E-state index in [4.69, 9.17) is 0 Å². The molecule has 0 bridgehead atoms. The molecule has 0 aromatic carbocycles. The highest BCUT2D eigenvalue weighted by molar-refractivity contribution is 5.57. The van der Waals surface area contributed by atoms with Crippen LogP contribution in [0.1, 0.15) is 11.7 Å². The lowest BCUT2D eigenvalue weighted by atomic mass is 10.1. The van der Waals surface area contributed by atoms with Crippen LogP contribution in [0.15, 0.2) is 37.1 Å². The summed E-state index contributed by atoms with van der Waals surface area (Å²) in [5.41, 5.74) is 1.11. The van der Waals surface area contributed by atoms with Gasteiger partial charge in [0.2, 0.25) is 0 Å². The lowest BCUT2D eigenvalue weighted by molar-refractivity contribution is -0.00593. The Labute approximate surface area is 96.0 Å². The summed E-state index contributed by atoms with van der Waals surface area (Å²) >= 11 is 0. The fourth-order valence-corrected chi connectivity index (χ4v) is 1.35. The zero-order chi connectivity index (χ0) is 12.3. The van der Waals surface area contributed by atoms with Crippen LogP contribution < -0.4 is 0 Å². The molecule has 0 saturated carbocycles. The van der Waals surface area contributed by atoms with Crippen molar-refractivity contribution < 1.29 is 13.9 Å². The number of halogens is 2. The Morgan fingerprint density at radius 2 is 1.88 bits per heavy atom. The molecule has 1 atom stereocenters. The molecular formula is C11H9F2N3O. The third kappa shape index (κ3) is 2.59. The second-order valence-corrected chi connectivity index (χ2v) is 3.38. The Balaban J connectivity index is 2.35. The van der Waals surface area contributed by atoms with Gasteiger partial charge in [0, 0.05) is 35.9 Å². The summed E-state index contributed by atoms with van der Waals surface area (Å²) in [6, 6.07) is 1.42. The van der Waals surface area contributed by atoms with Crippen molar-refractivity contribution in [2.24, 2.45) is 0 Å². The third-order valence-electron chi connectivity index (χ3n) is 2.20. The van der Waals surface area contributed by atoms with Gasteiger partial charge in [-0.1, -0.05) is 0 Å². The van der Waals surface area contributed by atoms with Gasteiger partial charge in [0.15, 0.2) is 0 Å². The highest BCUT2D eigenvalue weighted by Gasteiger charge is 2.19. The number of alkyl halides is 2. The number of aliphatic hydroxyl groups excluding tert-OH is 1. The van der Waals surface area contributed by atoms with Gasteiger partial charge in [0.1, 0.15) is 6.10 Å². The van der Waals surface area contributed by atoms with Crippen LogP contribution in [0.2, 0.25) is 0 Å². The van der Waals surface area contributed by atoms with Crippen molar-refractivity contribution in [3.63, 3.8) is 0 Å². The van der Waals surface area contributed by atoms with Crippen molar-refractivity contribution in [1.29, 1.82) is 0 Å². The molecule has 0 aliphatic carbocycles. The highest BCUT2D eigenvalue weighted by atomic mass is 19.3. The van der Waals surface area contributed by atoms with Gasteiger partial charge in [0.05, 0.1) is 11.9 Å². The highest BCUT2D eigenvalue weighted by Crippen LogP contribution is 2.23. The summed E-state index contributed by atoms with van der Waals surface area (Å²) in [6.45, 7) is 0. The van der Waals surface area contributed by atoms with Crippen LogP contribution in [-0.4, -0.2) is 26.5 Å². The number of hydrogen-bond acceptors (Lipinski definition) is 4. The van der Waals surface area contributed by atoms with Gasteiger partial charge in [-0.2, -0.15) is 0 Å². The van der Waals surface area contributed by atoms with Crippen LogP contribution in [0, 0.1) is 0 Å². The third-order valence-corrected chi connectivity index (χ3v) is 2.20. The van der Waals surface area contributed by atoms with Gasteiger partial charge in [-0.05, 0) is 6.07 Å². The lowest BCUT2D eigenvalue weighted by Gasteiger charge is -2.10. The Kier molecular flexibility index (Phi) is 3.34. The summed E-state index contributed by atoms with van der Waals surface area (Å²) < 4.78 is 24.7. The normalized spacial score (nSPS) is 12.7. The van der Waals surface area contributed by atoms with Crippen LogP contribution in [-0.2, 0) is 0 Å². The quantitative estimate of drug-likeness (QED) is 0.884. The van der Waals surface area contributed by atoms with Crippen LogP contribution in [0.5, 0.6) is 0 Å². The van der Waals surface area contributed by atoms with E-state index in [0.29, 0.717) is 11.3 Å². The number of nitrogens with zero attached hydrogens (tertiary/aromatic N) is 3. The SMILES string of the molecule is OC(c1cncc(-c2cnccn2)c1)C(F)F. The molecule has 1 unspecified atom stereocenters. The monoisotopic (exact) mass is 237 g/mol. The zero-order valence-corrected chi connectivity index (χ0v) is 8.66. The summed E-state index contributed by atoms with van der Waals surface area (Å²) in [7, 11) is 0. The summed E-state index contributed by atoms with van der Waals surface area (Å²) in [6.07, 6.45) is 2.51. The minimum absolute atomic E-state index is 0.0585. The van der Waals surface area contributed by atoms with Gasteiger partial charge >= 0.3 is 0 Å². The smallest absolute Gasteiger partial charge is 0.268 e. The van der Waals surface area contributed by atoms with Gasteiger partial charge in [-0.3, -0.25) is 15.0 Å². The van der Waals surface area contributed by atoms with Crippen molar-refractivity contribution in [2.45, 2.75) is 12.5 Å². The Morgan fingerprint density at radius 1 is 1.06 bits per heavy atom. The van der Waals surface area contributed by atoms with Crippen molar-refractivity contribution in [3.8, 4) is 11.3 Å². The van der Waals surface area contributed by atoms with Crippen LogP contribution in [0.3, 0.4) is 0 Å². The first kappa shape index (κ1) is 11.5. The Hall–Kier alpha value is -1.95. The van der Waals surface area contributed by atoms with Crippen LogP contribution >= 0.6 is 0 Å². The van der Waals surface area contributed by atoms with Gasteiger partial charge < -0.3 is 5.11 Å². The first-order valence-corrected chi connectivity index (χ1v) is 4.86. The van der Waals surface area contributed by atoms with E-state index >= 15 is 0 Å². The van der Waals surface area contributed by atoms with E-state index in [-0.39, 0.29) is 5.56 Å². The van der Waals surface area contributed by atoms with Crippen LogP contribution in [0.4, 0.5) is 8.78 Å². The van der Waals surface area contributed by atoms with E-state index < -0.39 is 12.5 Å². The van der Waals surface area contributed by atoms with Crippen molar-refractivity contribution in [3.05, 3.63) is 42.6 Å². The minimum Gasteiger partial charge on any atom is -0.382 e. The average molecular weight is 237 g/mol. The molecule has 0 spiro atoms. The molecular weight excluding hydrogens is 228 g/mol. The first-order chi connectivity index (χ1) is 8.18. The molecule has 4 nitrogen and oxygen atoms in total. The van der Waals surface area contributed by atoms with E-state index in [1.54, 1.807) is 0 Å². The summed E-state index contributed by atoms with van der Waals surface area (Å²) in [5, 5.41) is 9.24. The Morgan fingerprint density at radius 3 is 2.53 bits per heavy atom. The first-order valence-electron chi connectivity index (χ1n) is 4.86. The fraction of sp³-hybridized carbons (Fsp3) is 0.182. The molecule has 2 aromatic rings. The van der Waals surface area contributed by atoms with Crippen molar-refractivity contribution in [2.75, 3.05) is 0 Å². The van der Waals surface area contributed by atoms with Crippen LogP contribution in [0.25, 0.3) is 11.3 Å². The molecule has 0 radical (unpaired) electrons. The zero-order valence-electron chi connectivity index (χ0n) is 8.66. The van der Waals surface area contributed by atoms with E-state index in [2.05, 4.69) is 15.0 Å². The van der Waals surface area contributed by atoms with E-state index in [0.717, 1.165) is 0 Å². The van der Waals surface area contributed by atoms with Gasteiger partial charge in [0.25, 0.3) is 6.43 Å². The predicted octanol–water partition coefficient (Wildman–Crippen LogP) is 1.84. The average Bonchev–Trinajstić information content (AvgIpc) is 2.39. The molecule has 17 heavy (non-hydrogen) atoms. The number of aromatic nitrogens is 3. The molecule has 2 rings (SSSR count). The molecule has 0 aliphatic rings. The largest absolute Gasteiger partial charge is 0.382 e. The molecule has 0 aliphatic heterocycles. The number of pyridine rings is 1. The number of hydrogen-bond donors (Lipinski definition) is 1. The molecule has 6 heteroatoms. The molecule has 2 heterocycles. The van der Waals surface area contributed by atoms with Gasteiger partial charge in [-0.25, -0.2) is 8.78 Å². The number of rotatable bonds is 3. The lowest BCUT2D eigenvalue weighted by Crippen LogP contribution is -2.08. The molecule has 2 aromatic heterocycles. The Bertz CT molecular complexity index is 493. The summed E-state index contributed by atoms with van der Waals surface area (Å²) in [5.74, 6) is 0. The van der Waals surface area contributed by atoms with E-state index in [1.807, 2.05) is 0 Å². The molecule has 0 saturated heterocycles. The maximum atomic E-state index is 12.3. The standard InChI is InChI=1S/C11H9F2N3O/c12-11(13)10(17)8-3-7(4-15-5-8)9-6-14-1-2-16-9/h1-6,10-11,17H. The maximum absolute atomic E-state index is 12.3. The predicted molar refractivity (Wildman–Crippen MR) is 56.2 cm³/mol. The molecule has 1 N–H and O–H groups in total. The summed E-state index contributed by atoms with van der Waals surface area (Å²) in [4.78, 5) is 11.7. The van der Waals surface area contributed by atoms with Crippen molar-refractivity contribution >= 4 is 0 Å². The fourth-order valence-electron chi connectivity index (χ4n) is 1.35. The second kappa shape index (κ2) is 4.92. The maximum Gasteiger partial charge on any atom is 0.268 e. The second-order valence-electron chi connectivity index (χ2n) is 3.38. The van der Waals surface area contributed by atoms with E-state index in [1.165, 1.54) is 37.1 Å². The topological polar surface area (TPSA) is 58.9 Å².